The van der Waals surface area contributed by atoms with Crippen LogP contribution in [0.2, 0.25) is 0 Å². The molecule has 3 aromatic carbocycles. The molecule has 4 heteroatoms. The minimum Gasteiger partial charge on any atom is -0.251 e. The van der Waals surface area contributed by atoms with Gasteiger partial charge in [0.15, 0.2) is 0 Å². The Morgan fingerprint density at radius 3 is 1.83 bits per heavy atom. The number of fused-ring (bicyclic) bond motifs is 1. The van der Waals surface area contributed by atoms with Crippen molar-refractivity contribution in [3.8, 4) is 0 Å². The lowest BCUT2D eigenvalue weighted by molar-refractivity contribution is -0.137. The SMILES string of the molecule is C=C(C)c1ccc2ccc(C)cc2c1CCc1ccc(C(F)(F)F)cc1.CC(C)C(C)(C)C.CCF. The molecular formula is C32H42F4. The second kappa shape index (κ2) is 13.6. The largest absolute Gasteiger partial charge is 0.416 e. The van der Waals surface area contributed by atoms with E-state index in [4.69, 9.17) is 0 Å². The topological polar surface area (TPSA) is 0 Å². The Balaban J connectivity index is 0.000000552. The molecule has 0 saturated heterocycles. The molecule has 0 nitrogen and oxygen atoms in total. The van der Waals surface area contributed by atoms with E-state index in [1.807, 2.05) is 6.92 Å². The summed E-state index contributed by atoms with van der Waals surface area (Å²) in [7, 11) is 0. The fourth-order valence-electron chi connectivity index (χ4n) is 3.29. The van der Waals surface area contributed by atoms with E-state index in [1.54, 1.807) is 12.1 Å². The van der Waals surface area contributed by atoms with E-state index >= 15 is 0 Å². The number of benzene rings is 3. The third-order valence-electron chi connectivity index (χ3n) is 6.43. The van der Waals surface area contributed by atoms with Gasteiger partial charge in [-0.1, -0.05) is 94.8 Å². The van der Waals surface area contributed by atoms with Crippen molar-refractivity contribution in [3.63, 3.8) is 0 Å². The lowest BCUT2D eigenvalue weighted by atomic mass is 9.84. The molecule has 3 aromatic rings. The van der Waals surface area contributed by atoms with E-state index < -0.39 is 11.7 Å². The van der Waals surface area contributed by atoms with E-state index in [0.717, 1.165) is 41.2 Å². The summed E-state index contributed by atoms with van der Waals surface area (Å²) >= 11 is 0. The van der Waals surface area contributed by atoms with Crippen LogP contribution in [0.1, 0.15) is 76.3 Å². The maximum absolute atomic E-state index is 12.7. The molecule has 0 bridgehead atoms. The van der Waals surface area contributed by atoms with Gasteiger partial charge in [-0.15, -0.1) is 0 Å². The zero-order valence-electron chi connectivity index (χ0n) is 23.1. The Bertz CT molecular complexity index is 1100. The van der Waals surface area contributed by atoms with Crippen molar-refractivity contribution >= 4 is 16.3 Å². The van der Waals surface area contributed by atoms with Crippen molar-refractivity contribution in [2.24, 2.45) is 11.3 Å². The molecule has 0 aliphatic heterocycles. The van der Waals surface area contributed by atoms with Crippen LogP contribution in [0.15, 0.2) is 61.2 Å². The first-order valence-corrected chi connectivity index (χ1v) is 12.5. The number of alkyl halides is 4. The predicted molar refractivity (Wildman–Crippen MR) is 148 cm³/mol. The highest BCUT2D eigenvalue weighted by molar-refractivity contribution is 5.90. The molecule has 0 N–H and O–H groups in total. The summed E-state index contributed by atoms with van der Waals surface area (Å²) in [6.07, 6.45) is -2.85. The van der Waals surface area contributed by atoms with Gasteiger partial charge in [0, 0.05) is 0 Å². The molecule has 0 radical (unpaired) electrons. The van der Waals surface area contributed by atoms with E-state index in [-0.39, 0.29) is 6.67 Å². The monoisotopic (exact) mass is 502 g/mol. The first kappa shape index (κ1) is 31.4. The van der Waals surface area contributed by atoms with Crippen molar-refractivity contribution < 1.29 is 17.6 Å². The van der Waals surface area contributed by atoms with Gasteiger partial charge >= 0.3 is 6.18 Å². The van der Waals surface area contributed by atoms with E-state index in [9.17, 15) is 17.6 Å². The molecule has 0 unspecified atom stereocenters. The highest BCUT2D eigenvalue weighted by Gasteiger charge is 2.29. The summed E-state index contributed by atoms with van der Waals surface area (Å²) in [5.74, 6) is 0.799. The summed E-state index contributed by atoms with van der Waals surface area (Å²) in [4.78, 5) is 0. The van der Waals surface area contributed by atoms with E-state index in [0.29, 0.717) is 11.8 Å². The Morgan fingerprint density at radius 2 is 1.39 bits per heavy atom. The Kier molecular flexibility index (Phi) is 11.9. The molecule has 0 saturated carbocycles. The zero-order chi connectivity index (χ0) is 27.7. The van der Waals surface area contributed by atoms with Crippen LogP contribution in [0.4, 0.5) is 17.6 Å². The number of hydrogen-bond donors (Lipinski definition) is 0. The molecular weight excluding hydrogens is 460 g/mol. The number of rotatable bonds is 4. The van der Waals surface area contributed by atoms with Crippen LogP contribution in [0.5, 0.6) is 0 Å². The van der Waals surface area contributed by atoms with Gasteiger partial charge in [-0.2, -0.15) is 13.2 Å². The summed E-state index contributed by atoms with van der Waals surface area (Å²) in [5, 5.41) is 2.36. The van der Waals surface area contributed by atoms with Crippen LogP contribution < -0.4 is 0 Å². The lowest BCUT2D eigenvalue weighted by Crippen LogP contribution is -2.12. The zero-order valence-corrected chi connectivity index (χ0v) is 23.1. The first-order chi connectivity index (χ1) is 16.6. The molecule has 36 heavy (non-hydrogen) atoms. The third-order valence-corrected chi connectivity index (χ3v) is 6.43. The molecule has 0 fully saturated rings. The van der Waals surface area contributed by atoms with Crippen LogP contribution in [0.25, 0.3) is 16.3 Å². The molecule has 0 heterocycles. The minimum atomic E-state index is -4.29. The molecule has 0 atom stereocenters. The highest BCUT2D eigenvalue weighted by atomic mass is 19.4. The summed E-state index contributed by atoms with van der Waals surface area (Å²) in [5.41, 5.74) is 5.30. The Hall–Kier alpha value is -2.62. The Morgan fingerprint density at radius 1 is 0.889 bits per heavy atom. The normalized spacial score (nSPS) is 11.5. The van der Waals surface area contributed by atoms with Crippen molar-refractivity contribution in [2.75, 3.05) is 6.67 Å². The van der Waals surface area contributed by atoms with E-state index in [2.05, 4.69) is 78.5 Å². The number of hydrogen-bond acceptors (Lipinski definition) is 0. The van der Waals surface area contributed by atoms with Gasteiger partial charge in [0.05, 0.1) is 12.2 Å². The standard InChI is InChI=1S/C23H21F3.C7H16.C2H5F/c1-15(2)20-13-9-18-8-4-16(3)14-22(18)21(20)12-7-17-5-10-19(11-6-17)23(24,25)26;1-6(2)7(3,4)5;1-2-3/h4-6,8-11,13-14H,1,7,12H2,2-3H3;6H,1-5H3;2H2,1H3. The quantitative estimate of drug-likeness (QED) is 0.311. The predicted octanol–water partition coefficient (Wildman–Crippen LogP) is 10.6. The summed E-state index contributed by atoms with van der Waals surface area (Å²) < 4.78 is 48.4. The van der Waals surface area contributed by atoms with Gasteiger partial charge < -0.3 is 0 Å². The van der Waals surface area contributed by atoms with Crippen LogP contribution in [0, 0.1) is 18.3 Å². The van der Waals surface area contributed by atoms with Gasteiger partial charge in [-0.3, -0.25) is 4.39 Å². The van der Waals surface area contributed by atoms with Crippen LogP contribution in [-0.2, 0) is 19.0 Å². The van der Waals surface area contributed by atoms with Gasteiger partial charge in [0.25, 0.3) is 0 Å². The van der Waals surface area contributed by atoms with Gasteiger partial charge in [-0.05, 0) is 84.5 Å². The smallest absolute Gasteiger partial charge is 0.251 e. The summed E-state index contributed by atoms with van der Waals surface area (Å²) in [6.45, 7) is 20.6. The van der Waals surface area contributed by atoms with Crippen molar-refractivity contribution in [1.29, 1.82) is 0 Å². The molecule has 0 aliphatic carbocycles. The molecule has 198 valence electrons. The van der Waals surface area contributed by atoms with Gasteiger partial charge in [0.1, 0.15) is 0 Å². The highest BCUT2D eigenvalue weighted by Crippen LogP contribution is 2.31. The minimum absolute atomic E-state index is 0.250. The number of halogens is 4. The maximum Gasteiger partial charge on any atom is 0.416 e. The van der Waals surface area contributed by atoms with Gasteiger partial charge in [0.2, 0.25) is 0 Å². The average molecular weight is 503 g/mol. The van der Waals surface area contributed by atoms with Gasteiger partial charge in [-0.25, -0.2) is 0 Å². The number of aryl methyl sites for hydroxylation is 3. The second-order valence-electron chi connectivity index (χ2n) is 10.6. The number of allylic oxidation sites excluding steroid dienone is 1. The summed E-state index contributed by atoms with van der Waals surface area (Å²) in [6, 6.07) is 16.0. The average Bonchev–Trinajstić information content (AvgIpc) is 2.77. The van der Waals surface area contributed by atoms with Crippen LogP contribution in [0.3, 0.4) is 0 Å². The molecule has 0 aromatic heterocycles. The maximum atomic E-state index is 12.7. The third kappa shape index (κ3) is 9.79. The van der Waals surface area contributed by atoms with Crippen LogP contribution >= 0.6 is 0 Å². The molecule has 0 aliphatic rings. The second-order valence-corrected chi connectivity index (χ2v) is 10.6. The molecule has 0 spiro atoms. The lowest BCUT2D eigenvalue weighted by Gasteiger charge is -2.22. The Labute approximate surface area is 215 Å². The van der Waals surface area contributed by atoms with Crippen LogP contribution in [-0.4, -0.2) is 6.67 Å². The molecule has 3 rings (SSSR count). The van der Waals surface area contributed by atoms with Crippen molar-refractivity contribution in [2.45, 2.75) is 74.4 Å². The molecule has 0 amide bonds. The fraction of sp³-hybridized carbons (Fsp3) is 0.438. The van der Waals surface area contributed by atoms with Crippen molar-refractivity contribution in [3.05, 3.63) is 89.0 Å². The van der Waals surface area contributed by atoms with Crippen molar-refractivity contribution in [1.82, 2.24) is 0 Å². The first-order valence-electron chi connectivity index (χ1n) is 12.5. The fourth-order valence-corrected chi connectivity index (χ4v) is 3.29. The van der Waals surface area contributed by atoms with E-state index in [1.165, 1.54) is 28.8 Å².